The van der Waals surface area contributed by atoms with Crippen LogP contribution in [0.2, 0.25) is 0 Å². The lowest BCUT2D eigenvalue weighted by Gasteiger charge is -2.31. The summed E-state index contributed by atoms with van der Waals surface area (Å²) in [5.74, 6) is -1.64. The summed E-state index contributed by atoms with van der Waals surface area (Å²) in [4.78, 5) is 18.6. The Kier molecular flexibility index (Phi) is 6.07. The van der Waals surface area contributed by atoms with E-state index in [0.717, 1.165) is 29.0 Å². The van der Waals surface area contributed by atoms with E-state index >= 15 is 0 Å². The Morgan fingerprint density at radius 1 is 1.21 bits per heavy atom. The van der Waals surface area contributed by atoms with E-state index in [-0.39, 0.29) is 18.4 Å². The van der Waals surface area contributed by atoms with Crippen LogP contribution in [0.15, 0.2) is 42.9 Å². The first kappa shape index (κ1) is 22.7. The number of nitrogens with one attached hydrogen (secondary N) is 1. The van der Waals surface area contributed by atoms with Gasteiger partial charge in [0.25, 0.3) is 0 Å². The molecule has 8 nitrogen and oxygen atoms in total. The van der Waals surface area contributed by atoms with E-state index in [0.29, 0.717) is 18.5 Å². The monoisotopic (exact) mass is 461 g/mol. The van der Waals surface area contributed by atoms with Gasteiger partial charge in [-0.25, -0.2) is 9.97 Å². The molecule has 1 fully saturated rings. The molecule has 1 aliphatic rings. The Labute approximate surface area is 187 Å². The molecule has 4 rings (SSSR count). The zero-order valence-electron chi connectivity index (χ0n) is 17.6. The zero-order chi connectivity index (χ0) is 23.8. The number of alkyl halides is 3. The van der Waals surface area contributed by atoms with Crippen molar-refractivity contribution in [3.8, 4) is 11.1 Å². The first-order valence-electron chi connectivity index (χ1n) is 10.3. The van der Waals surface area contributed by atoms with Gasteiger partial charge in [0.2, 0.25) is 5.95 Å². The molecule has 11 heteroatoms. The molecule has 1 aromatic carbocycles. The zero-order valence-corrected chi connectivity index (χ0v) is 17.6. The summed E-state index contributed by atoms with van der Waals surface area (Å²) in [5.41, 5.74) is 1.85. The van der Waals surface area contributed by atoms with Crippen molar-refractivity contribution in [2.75, 3.05) is 5.32 Å². The van der Waals surface area contributed by atoms with Gasteiger partial charge in [0.05, 0.1) is 24.3 Å². The highest BCUT2D eigenvalue weighted by Gasteiger charge is 2.34. The quantitative estimate of drug-likeness (QED) is 0.522. The predicted octanol–water partition coefficient (Wildman–Crippen LogP) is 4.20. The van der Waals surface area contributed by atoms with Crippen molar-refractivity contribution >= 4 is 17.6 Å². The molecule has 174 valence electrons. The fourth-order valence-corrected chi connectivity index (χ4v) is 4.06. The standard InChI is InChI=1S/C22H22F3N5O3/c1-12-6-14(8-16(7-12)28-21-26-5-4-19(29-21)22(23,24)25)15-10-27-30(11-15)17-3-2-13(20(32)33)9-18(17)31/h4-8,10-11,13,17-18,31H,2-3,9H2,1H3,(H,32,33)(H,26,28,29). The Balaban J connectivity index is 1.54. The van der Waals surface area contributed by atoms with E-state index in [1.54, 1.807) is 29.2 Å². The first-order valence-corrected chi connectivity index (χ1v) is 10.3. The average Bonchev–Trinajstić information content (AvgIpc) is 3.23. The molecule has 3 N–H and O–H groups in total. The van der Waals surface area contributed by atoms with Gasteiger partial charge in [0, 0.05) is 23.6 Å². The number of hydrogen-bond acceptors (Lipinski definition) is 6. The number of aliphatic carboxylic acids is 1. The van der Waals surface area contributed by atoms with Crippen molar-refractivity contribution in [1.29, 1.82) is 0 Å². The molecule has 3 atom stereocenters. The van der Waals surface area contributed by atoms with Crippen molar-refractivity contribution < 1.29 is 28.2 Å². The average molecular weight is 461 g/mol. The van der Waals surface area contributed by atoms with Gasteiger partial charge in [0.1, 0.15) is 5.69 Å². The minimum absolute atomic E-state index is 0.171. The van der Waals surface area contributed by atoms with Gasteiger partial charge in [-0.15, -0.1) is 0 Å². The molecule has 1 saturated carbocycles. The predicted molar refractivity (Wildman–Crippen MR) is 113 cm³/mol. The molecule has 0 aliphatic heterocycles. The van der Waals surface area contributed by atoms with Gasteiger partial charge in [0.15, 0.2) is 0 Å². The van der Waals surface area contributed by atoms with Gasteiger partial charge in [-0.1, -0.05) is 6.07 Å². The van der Waals surface area contributed by atoms with Gasteiger partial charge < -0.3 is 15.5 Å². The van der Waals surface area contributed by atoms with Gasteiger partial charge in [-0.3, -0.25) is 9.48 Å². The van der Waals surface area contributed by atoms with Gasteiger partial charge >= 0.3 is 12.1 Å². The van der Waals surface area contributed by atoms with Crippen molar-refractivity contribution in [3.63, 3.8) is 0 Å². The van der Waals surface area contributed by atoms with Crippen LogP contribution in [0.1, 0.15) is 36.6 Å². The SMILES string of the molecule is Cc1cc(Nc2nccc(C(F)(F)F)n2)cc(-c2cnn(C3CCC(C(=O)O)CC3O)c2)c1. The third-order valence-corrected chi connectivity index (χ3v) is 5.68. The number of aryl methyl sites for hydroxylation is 1. The van der Waals surface area contributed by atoms with Gasteiger partial charge in [-0.05, 0) is 55.5 Å². The van der Waals surface area contributed by atoms with Crippen molar-refractivity contribution in [3.05, 3.63) is 54.1 Å². The number of aliphatic hydroxyl groups excluding tert-OH is 1. The molecular weight excluding hydrogens is 439 g/mol. The molecular formula is C22H22F3N5O3. The lowest BCUT2D eigenvalue weighted by molar-refractivity contribution is -0.145. The number of aliphatic hydroxyl groups is 1. The number of carboxylic acids is 1. The summed E-state index contributed by atoms with van der Waals surface area (Å²) in [6.45, 7) is 1.85. The number of carboxylic acid groups (broad SMARTS) is 1. The van der Waals surface area contributed by atoms with Crippen molar-refractivity contribution in [2.24, 2.45) is 5.92 Å². The van der Waals surface area contributed by atoms with Crippen LogP contribution >= 0.6 is 0 Å². The Bertz CT molecular complexity index is 1160. The van der Waals surface area contributed by atoms with E-state index in [2.05, 4.69) is 20.4 Å². The number of rotatable bonds is 5. The normalized spacial score (nSPS) is 21.1. The molecule has 3 aromatic rings. The molecule has 2 aromatic heterocycles. The number of benzene rings is 1. The van der Waals surface area contributed by atoms with E-state index in [9.17, 15) is 28.2 Å². The number of carbonyl (C=O) groups is 1. The highest BCUT2D eigenvalue weighted by molar-refractivity contribution is 5.71. The summed E-state index contributed by atoms with van der Waals surface area (Å²) >= 11 is 0. The number of hydrogen-bond donors (Lipinski definition) is 3. The van der Waals surface area contributed by atoms with Crippen LogP contribution in [0.5, 0.6) is 0 Å². The third kappa shape index (κ3) is 5.14. The van der Waals surface area contributed by atoms with Crippen LogP contribution in [0.25, 0.3) is 11.1 Å². The fourth-order valence-electron chi connectivity index (χ4n) is 4.06. The molecule has 2 heterocycles. The highest BCUT2D eigenvalue weighted by atomic mass is 19.4. The third-order valence-electron chi connectivity index (χ3n) is 5.68. The number of halogens is 3. The van der Waals surface area contributed by atoms with Crippen LogP contribution in [-0.4, -0.2) is 42.0 Å². The number of aromatic nitrogens is 4. The maximum atomic E-state index is 12.9. The molecule has 0 bridgehead atoms. The van der Waals surface area contributed by atoms with E-state index in [4.69, 9.17) is 0 Å². The molecule has 1 aliphatic carbocycles. The highest BCUT2D eigenvalue weighted by Crippen LogP contribution is 2.34. The minimum Gasteiger partial charge on any atom is -0.481 e. The lowest BCUT2D eigenvalue weighted by Crippen LogP contribution is -2.34. The van der Waals surface area contributed by atoms with E-state index in [1.807, 2.05) is 13.0 Å². The van der Waals surface area contributed by atoms with Crippen LogP contribution in [0.4, 0.5) is 24.8 Å². The van der Waals surface area contributed by atoms with Crippen LogP contribution in [-0.2, 0) is 11.0 Å². The summed E-state index contributed by atoms with van der Waals surface area (Å²) in [7, 11) is 0. The number of anilines is 2. The van der Waals surface area contributed by atoms with E-state index in [1.165, 1.54) is 0 Å². The second-order valence-electron chi connectivity index (χ2n) is 8.17. The largest absolute Gasteiger partial charge is 0.481 e. The maximum Gasteiger partial charge on any atom is 0.433 e. The second-order valence-corrected chi connectivity index (χ2v) is 8.17. The Morgan fingerprint density at radius 3 is 2.70 bits per heavy atom. The molecule has 33 heavy (non-hydrogen) atoms. The summed E-state index contributed by atoms with van der Waals surface area (Å²) in [6.07, 6.45) is 0.187. The maximum absolute atomic E-state index is 12.9. The van der Waals surface area contributed by atoms with Crippen LogP contribution in [0, 0.1) is 12.8 Å². The topological polar surface area (TPSA) is 113 Å². The first-order chi connectivity index (χ1) is 15.6. The van der Waals surface area contributed by atoms with Gasteiger partial charge in [-0.2, -0.15) is 18.3 Å². The summed E-state index contributed by atoms with van der Waals surface area (Å²) in [6, 6.07) is 5.89. The molecule has 3 unspecified atom stereocenters. The lowest BCUT2D eigenvalue weighted by atomic mass is 9.84. The van der Waals surface area contributed by atoms with Crippen LogP contribution < -0.4 is 5.32 Å². The van der Waals surface area contributed by atoms with Crippen molar-refractivity contribution in [1.82, 2.24) is 19.7 Å². The number of nitrogens with zero attached hydrogens (tertiary/aromatic N) is 4. The smallest absolute Gasteiger partial charge is 0.433 e. The minimum atomic E-state index is -4.57. The molecule has 0 spiro atoms. The fraction of sp³-hybridized carbons (Fsp3) is 0.364. The molecule has 0 amide bonds. The molecule has 0 radical (unpaired) electrons. The summed E-state index contributed by atoms with van der Waals surface area (Å²) < 4.78 is 40.4. The second kappa shape index (κ2) is 8.81. The summed E-state index contributed by atoms with van der Waals surface area (Å²) in [5, 5.41) is 26.8. The Hall–Kier alpha value is -3.47. The van der Waals surface area contributed by atoms with E-state index < -0.39 is 29.9 Å². The van der Waals surface area contributed by atoms with Crippen LogP contribution in [0.3, 0.4) is 0 Å². The Morgan fingerprint density at radius 2 is 2.00 bits per heavy atom. The van der Waals surface area contributed by atoms with Crippen molar-refractivity contribution in [2.45, 2.75) is 44.5 Å². The molecule has 0 saturated heterocycles.